The molecule has 1 saturated heterocycles. The first-order valence-electron chi connectivity index (χ1n) is 8.26. The fourth-order valence-corrected chi connectivity index (χ4v) is 3.62. The van der Waals surface area contributed by atoms with Crippen LogP contribution in [0.25, 0.3) is 0 Å². The first-order chi connectivity index (χ1) is 12.8. The van der Waals surface area contributed by atoms with Gasteiger partial charge in [-0.2, -0.15) is 0 Å². The monoisotopic (exact) mass is 393 g/mol. The van der Waals surface area contributed by atoms with Crippen molar-refractivity contribution in [3.8, 4) is 0 Å². The summed E-state index contributed by atoms with van der Waals surface area (Å²) in [6, 6.07) is 6.52. The van der Waals surface area contributed by atoms with E-state index in [0.29, 0.717) is 32.1 Å². The highest BCUT2D eigenvalue weighted by Crippen LogP contribution is 2.17. The molecule has 0 unspecified atom stereocenters. The van der Waals surface area contributed by atoms with Crippen LogP contribution in [0.1, 0.15) is 11.5 Å². The molecule has 3 rings (SSSR count). The van der Waals surface area contributed by atoms with E-state index in [1.807, 2.05) is 13.0 Å². The van der Waals surface area contributed by atoms with Gasteiger partial charge in [-0.15, -0.1) is 0 Å². The van der Waals surface area contributed by atoms with E-state index in [0.717, 1.165) is 23.6 Å². The van der Waals surface area contributed by atoms with Crippen LogP contribution in [0, 0.1) is 17.0 Å². The van der Waals surface area contributed by atoms with Crippen LogP contribution in [0.5, 0.6) is 0 Å². The average molecular weight is 393 g/mol. The van der Waals surface area contributed by atoms with Crippen molar-refractivity contribution in [3.63, 3.8) is 0 Å². The maximum absolute atomic E-state index is 12.4. The highest BCUT2D eigenvalue weighted by Gasteiger charge is 2.18. The molecule has 0 aliphatic carbocycles. The molecule has 27 heavy (non-hydrogen) atoms. The summed E-state index contributed by atoms with van der Waals surface area (Å²) in [5.41, 5.74) is 0.558. The van der Waals surface area contributed by atoms with Gasteiger partial charge in [0, 0.05) is 37.0 Å². The number of benzene rings is 1. The van der Waals surface area contributed by atoms with Crippen LogP contribution >= 0.6 is 0 Å². The summed E-state index contributed by atoms with van der Waals surface area (Å²) in [7, 11) is -3.84. The predicted molar refractivity (Wildman–Crippen MR) is 96.9 cm³/mol. The zero-order valence-corrected chi connectivity index (χ0v) is 15.5. The molecule has 2 aromatic rings. The van der Waals surface area contributed by atoms with Gasteiger partial charge in [0.25, 0.3) is 5.69 Å². The Morgan fingerprint density at radius 1 is 1.22 bits per heavy atom. The van der Waals surface area contributed by atoms with Crippen LogP contribution < -0.4 is 9.62 Å². The first kappa shape index (κ1) is 19.1. The topological polar surface area (TPSA) is 128 Å². The highest BCUT2D eigenvalue weighted by molar-refractivity contribution is 7.89. The molecule has 1 aliphatic heterocycles. The second kappa shape index (κ2) is 7.94. The third kappa shape index (κ3) is 4.76. The molecule has 0 radical (unpaired) electrons. The molecule has 10 nitrogen and oxygen atoms in total. The highest BCUT2D eigenvalue weighted by atomic mass is 32.2. The molecule has 2 heterocycles. The third-order valence-corrected chi connectivity index (χ3v) is 5.42. The Balaban J connectivity index is 1.73. The molecule has 144 valence electrons. The van der Waals surface area contributed by atoms with Gasteiger partial charge in [0.2, 0.25) is 10.0 Å². The number of nitro groups is 1. The van der Waals surface area contributed by atoms with E-state index in [-0.39, 0.29) is 17.1 Å². The summed E-state index contributed by atoms with van der Waals surface area (Å²) in [6.45, 7) is 4.39. The molecule has 0 saturated carbocycles. The maximum Gasteiger partial charge on any atom is 0.269 e. The summed E-state index contributed by atoms with van der Waals surface area (Å²) in [5.74, 6) is 1.08. The summed E-state index contributed by atoms with van der Waals surface area (Å²) in [5, 5.41) is 10.7. The average Bonchev–Trinajstić information content (AvgIpc) is 2.67. The lowest BCUT2D eigenvalue weighted by atomic mass is 10.3. The van der Waals surface area contributed by atoms with Gasteiger partial charge < -0.3 is 9.64 Å². The first-order valence-corrected chi connectivity index (χ1v) is 9.75. The van der Waals surface area contributed by atoms with Gasteiger partial charge >= 0.3 is 0 Å². The Morgan fingerprint density at radius 2 is 1.89 bits per heavy atom. The number of nitrogens with one attached hydrogen (secondary N) is 1. The lowest BCUT2D eigenvalue weighted by Crippen LogP contribution is -2.37. The van der Waals surface area contributed by atoms with Crippen molar-refractivity contribution in [3.05, 3.63) is 52.0 Å². The fraction of sp³-hybridized carbons (Fsp3) is 0.375. The van der Waals surface area contributed by atoms with Crippen LogP contribution in [0.15, 0.2) is 35.2 Å². The number of aromatic nitrogens is 2. The van der Waals surface area contributed by atoms with Crippen LogP contribution in [-0.2, 0) is 21.3 Å². The number of hydrogen-bond donors (Lipinski definition) is 1. The SMILES string of the molecule is Cc1cc(N2CCOCC2)nc(CNS(=O)(=O)c2ccc([N+](=O)[O-])cc2)n1. The number of nitro benzene ring substituents is 1. The van der Waals surface area contributed by atoms with Crippen molar-refractivity contribution in [2.75, 3.05) is 31.2 Å². The van der Waals surface area contributed by atoms with Crippen molar-refractivity contribution < 1.29 is 18.1 Å². The van der Waals surface area contributed by atoms with Crippen LogP contribution in [0.3, 0.4) is 0 Å². The van der Waals surface area contributed by atoms with E-state index >= 15 is 0 Å². The molecule has 1 aliphatic rings. The Kier molecular flexibility index (Phi) is 5.63. The van der Waals surface area contributed by atoms with Crippen LogP contribution in [0.2, 0.25) is 0 Å². The maximum atomic E-state index is 12.4. The van der Waals surface area contributed by atoms with E-state index < -0.39 is 14.9 Å². The van der Waals surface area contributed by atoms with Crippen molar-refractivity contribution in [2.45, 2.75) is 18.4 Å². The fourth-order valence-electron chi connectivity index (χ4n) is 2.64. The molecule has 1 N–H and O–H groups in total. The van der Waals surface area contributed by atoms with E-state index in [1.54, 1.807) is 0 Å². The minimum atomic E-state index is -3.84. The van der Waals surface area contributed by atoms with E-state index in [1.165, 1.54) is 12.1 Å². The molecule has 11 heteroatoms. The van der Waals surface area contributed by atoms with E-state index in [9.17, 15) is 18.5 Å². The molecule has 0 spiro atoms. The Labute approximate surface area is 156 Å². The smallest absolute Gasteiger partial charge is 0.269 e. The quantitative estimate of drug-likeness (QED) is 0.569. The van der Waals surface area contributed by atoms with Crippen molar-refractivity contribution in [1.29, 1.82) is 0 Å². The molecular formula is C16H19N5O5S. The predicted octanol–water partition coefficient (Wildman–Crippen LogP) is 1.01. The molecule has 1 fully saturated rings. The van der Waals surface area contributed by atoms with Crippen molar-refractivity contribution in [1.82, 2.24) is 14.7 Å². The molecular weight excluding hydrogens is 374 g/mol. The minimum Gasteiger partial charge on any atom is -0.378 e. The summed E-state index contributed by atoms with van der Waals surface area (Å²) >= 11 is 0. The van der Waals surface area contributed by atoms with Gasteiger partial charge in [-0.3, -0.25) is 10.1 Å². The Morgan fingerprint density at radius 3 is 2.52 bits per heavy atom. The largest absolute Gasteiger partial charge is 0.378 e. The Hall–Kier alpha value is -2.63. The lowest BCUT2D eigenvalue weighted by Gasteiger charge is -2.28. The van der Waals surface area contributed by atoms with Gasteiger partial charge in [0.15, 0.2) is 0 Å². The summed E-state index contributed by atoms with van der Waals surface area (Å²) in [4.78, 5) is 20.8. The minimum absolute atomic E-state index is 0.0610. The summed E-state index contributed by atoms with van der Waals surface area (Å²) in [6.07, 6.45) is 0. The number of rotatable bonds is 6. The van der Waals surface area contributed by atoms with Crippen LogP contribution in [-0.4, -0.2) is 49.6 Å². The summed E-state index contributed by atoms with van der Waals surface area (Å²) < 4.78 is 32.5. The number of morpholine rings is 1. The Bertz CT molecular complexity index is 927. The van der Waals surface area contributed by atoms with Gasteiger partial charge in [-0.05, 0) is 19.1 Å². The molecule has 1 aromatic heterocycles. The van der Waals surface area contributed by atoms with Crippen molar-refractivity contribution in [2.24, 2.45) is 0 Å². The van der Waals surface area contributed by atoms with Crippen molar-refractivity contribution >= 4 is 21.5 Å². The number of hydrogen-bond acceptors (Lipinski definition) is 8. The van der Waals surface area contributed by atoms with E-state index in [4.69, 9.17) is 4.74 Å². The van der Waals surface area contributed by atoms with Gasteiger partial charge in [-0.25, -0.2) is 23.1 Å². The van der Waals surface area contributed by atoms with Gasteiger partial charge in [0.05, 0.1) is 29.6 Å². The molecule has 0 atom stereocenters. The molecule has 0 bridgehead atoms. The standard InChI is InChI=1S/C16H19N5O5S/c1-12-10-16(20-6-8-26-9-7-20)19-15(18-12)11-17-27(24,25)14-4-2-13(3-5-14)21(22)23/h2-5,10,17H,6-9,11H2,1H3. The van der Waals surface area contributed by atoms with Gasteiger partial charge in [-0.1, -0.05) is 0 Å². The normalized spacial score (nSPS) is 14.9. The number of sulfonamides is 1. The second-order valence-electron chi connectivity index (χ2n) is 5.96. The van der Waals surface area contributed by atoms with Crippen LogP contribution in [0.4, 0.5) is 11.5 Å². The van der Waals surface area contributed by atoms with E-state index in [2.05, 4.69) is 19.6 Å². The number of non-ortho nitro benzene ring substituents is 1. The number of anilines is 1. The second-order valence-corrected chi connectivity index (χ2v) is 7.73. The third-order valence-electron chi connectivity index (χ3n) is 4.00. The number of nitrogens with zero attached hydrogens (tertiary/aromatic N) is 4. The van der Waals surface area contributed by atoms with Gasteiger partial charge in [0.1, 0.15) is 11.6 Å². The lowest BCUT2D eigenvalue weighted by molar-refractivity contribution is -0.384. The molecule has 1 aromatic carbocycles. The zero-order chi connectivity index (χ0) is 19.4. The number of ether oxygens (including phenoxy) is 1. The number of aryl methyl sites for hydroxylation is 1. The zero-order valence-electron chi connectivity index (χ0n) is 14.7. The molecule has 0 amide bonds.